The van der Waals surface area contributed by atoms with Crippen molar-refractivity contribution in [1.82, 2.24) is 9.55 Å². The molecule has 0 fully saturated rings. The molecular formula is C11H11ClN2O2. The molecule has 5 heteroatoms. The van der Waals surface area contributed by atoms with Gasteiger partial charge in [-0.2, -0.15) is 0 Å². The van der Waals surface area contributed by atoms with Crippen LogP contribution < -0.4 is 11.2 Å². The van der Waals surface area contributed by atoms with Gasteiger partial charge in [0, 0.05) is 11.9 Å². The van der Waals surface area contributed by atoms with Gasteiger partial charge in [-0.25, -0.2) is 4.79 Å². The molecule has 0 bridgehead atoms. The fraction of sp³-hybridized carbons (Fsp3) is 0.273. The van der Waals surface area contributed by atoms with E-state index in [1.165, 1.54) is 4.57 Å². The predicted molar refractivity (Wildman–Crippen MR) is 64.1 cm³/mol. The van der Waals surface area contributed by atoms with Crippen molar-refractivity contribution in [2.75, 3.05) is 0 Å². The second kappa shape index (κ2) is 4.14. The molecule has 84 valence electrons. The van der Waals surface area contributed by atoms with Crippen LogP contribution >= 0.6 is 11.6 Å². The van der Waals surface area contributed by atoms with Crippen LogP contribution in [0.25, 0.3) is 10.9 Å². The minimum absolute atomic E-state index is 0.174. The molecule has 0 saturated heterocycles. The minimum Gasteiger partial charge on any atom is -0.292 e. The number of aromatic nitrogens is 2. The van der Waals surface area contributed by atoms with E-state index in [2.05, 4.69) is 4.98 Å². The number of fused-ring (bicyclic) bond motifs is 1. The van der Waals surface area contributed by atoms with E-state index in [4.69, 9.17) is 11.6 Å². The highest BCUT2D eigenvalue weighted by Crippen LogP contribution is 2.08. The van der Waals surface area contributed by atoms with Crippen molar-refractivity contribution in [1.29, 1.82) is 0 Å². The highest BCUT2D eigenvalue weighted by atomic mass is 35.5. The van der Waals surface area contributed by atoms with E-state index in [0.29, 0.717) is 17.4 Å². The molecule has 2 aromatic rings. The average Bonchev–Trinajstić information content (AvgIpc) is 2.24. The Morgan fingerprint density at radius 2 is 2.06 bits per heavy atom. The normalized spacial score (nSPS) is 12.9. The Labute approximate surface area is 96.5 Å². The predicted octanol–water partition coefficient (Wildman–Crippen LogP) is 1.32. The largest absolute Gasteiger partial charge is 0.328 e. The van der Waals surface area contributed by atoms with Crippen LogP contribution in [-0.2, 0) is 6.54 Å². The molecule has 0 amide bonds. The lowest BCUT2D eigenvalue weighted by Gasteiger charge is -2.10. The van der Waals surface area contributed by atoms with Crippen molar-refractivity contribution >= 4 is 22.5 Å². The van der Waals surface area contributed by atoms with E-state index in [-0.39, 0.29) is 10.9 Å². The number of halogens is 1. The van der Waals surface area contributed by atoms with Crippen LogP contribution in [0.1, 0.15) is 6.92 Å². The summed E-state index contributed by atoms with van der Waals surface area (Å²) in [6.07, 6.45) is 0. The molecule has 0 aliphatic heterocycles. The lowest BCUT2D eigenvalue weighted by Crippen LogP contribution is -2.32. The van der Waals surface area contributed by atoms with Gasteiger partial charge in [-0.3, -0.25) is 14.3 Å². The van der Waals surface area contributed by atoms with E-state index in [1.54, 1.807) is 31.2 Å². The summed E-state index contributed by atoms with van der Waals surface area (Å²) in [7, 11) is 0. The van der Waals surface area contributed by atoms with Gasteiger partial charge >= 0.3 is 5.69 Å². The molecule has 1 atom stereocenters. The number of hydrogen-bond donors (Lipinski definition) is 1. The topological polar surface area (TPSA) is 54.9 Å². The summed E-state index contributed by atoms with van der Waals surface area (Å²) in [6, 6.07) is 6.97. The van der Waals surface area contributed by atoms with Crippen molar-refractivity contribution in [3.8, 4) is 0 Å². The zero-order valence-corrected chi connectivity index (χ0v) is 9.49. The lowest BCUT2D eigenvalue weighted by atomic mass is 10.2. The van der Waals surface area contributed by atoms with E-state index in [0.717, 1.165) is 0 Å². The number of para-hydroxylation sites is 1. The first kappa shape index (κ1) is 11.0. The Kier molecular flexibility index (Phi) is 2.83. The molecule has 1 aromatic carbocycles. The number of nitrogens with zero attached hydrogens (tertiary/aromatic N) is 1. The van der Waals surface area contributed by atoms with Gasteiger partial charge in [-0.1, -0.05) is 12.1 Å². The SMILES string of the molecule is CC(Cl)Cn1c(=O)[nH]c(=O)c2ccccc21. The maximum absolute atomic E-state index is 11.6. The summed E-state index contributed by atoms with van der Waals surface area (Å²) in [5, 5.41) is 0.325. The molecule has 0 aliphatic rings. The van der Waals surface area contributed by atoms with E-state index >= 15 is 0 Å². The van der Waals surface area contributed by atoms with Crippen LogP contribution in [0, 0.1) is 0 Å². The van der Waals surface area contributed by atoms with Crippen molar-refractivity contribution in [2.45, 2.75) is 18.8 Å². The summed E-state index contributed by atoms with van der Waals surface area (Å²) >= 11 is 5.87. The minimum atomic E-state index is -0.420. The molecule has 1 unspecified atom stereocenters. The number of nitrogens with one attached hydrogen (secondary N) is 1. The van der Waals surface area contributed by atoms with Crippen LogP contribution in [0.4, 0.5) is 0 Å². The molecule has 2 rings (SSSR count). The number of H-pyrrole nitrogens is 1. The van der Waals surface area contributed by atoms with Gasteiger partial charge < -0.3 is 0 Å². The summed E-state index contributed by atoms with van der Waals surface area (Å²) in [5.74, 6) is 0. The van der Waals surface area contributed by atoms with Gasteiger partial charge in [0.1, 0.15) is 0 Å². The molecule has 0 aliphatic carbocycles. The Bertz CT molecular complexity index is 628. The maximum Gasteiger partial charge on any atom is 0.328 e. The summed E-state index contributed by atoms with van der Waals surface area (Å²) in [5.41, 5.74) is -0.168. The van der Waals surface area contributed by atoms with Crippen LogP contribution in [-0.4, -0.2) is 14.9 Å². The molecule has 16 heavy (non-hydrogen) atoms. The van der Waals surface area contributed by atoms with Crippen molar-refractivity contribution in [3.05, 3.63) is 45.1 Å². The number of alkyl halides is 1. The highest BCUT2D eigenvalue weighted by molar-refractivity contribution is 6.20. The Hall–Kier alpha value is -1.55. The van der Waals surface area contributed by atoms with Crippen LogP contribution in [0.2, 0.25) is 0 Å². The first-order chi connectivity index (χ1) is 7.59. The van der Waals surface area contributed by atoms with Crippen LogP contribution in [0.15, 0.2) is 33.9 Å². The number of hydrogen-bond acceptors (Lipinski definition) is 2. The van der Waals surface area contributed by atoms with Crippen LogP contribution in [0.3, 0.4) is 0 Å². The highest BCUT2D eigenvalue weighted by Gasteiger charge is 2.08. The average molecular weight is 239 g/mol. The smallest absolute Gasteiger partial charge is 0.292 e. The first-order valence-corrected chi connectivity index (χ1v) is 5.39. The maximum atomic E-state index is 11.6. The lowest BCUT2D eigenvalue weighted by molar-refractivity contribution is 0.664. The fourth-order valence-electron chi connectivity index (χ4n) is 1.68. The molecule has 0 radical (unpaired) electrons. The molecule has 1 heterocycles. The number of rotatable bonds is 2. The number of aromatic amines is 1. The molecule has 0 saturated carbocycles. The Balaban J connectivity index is 2.82. The summed E-state index contributed by atoms with van der Waals surface area (Å²) in [6.45, 7) is 2.17. The zero-order chi connectivity index (χ0) is 11.7. The third-order valence-corrected chi connectivity index (χ3v) is 2.48. The van der Waals surface area contributed by atoms with Gasteiger partial charge in [-0.05, 0) is 19.1 Å². The first-order valence-electron chi connectivity index (χ1n) is 4.95. The molecule has 1 N–H and O–H groups in total. The molecule has 4 nitrogen and oxygen atoms in total. The Morgan fingerprint density at radius 1 is 1.38 bits per heavy atom. The number of benzene rings is 1. The third kappa shape index (κ3) is 1.88. The molecular weight excluding hydrogens is 228 g/mol. The second-order valence-corrected chi connectivity index (χ2v) is 4.41. The van der Waals surface area contributed by atoms with E-state index in [9.17, 15) is 9.59 Å². The quantitative estimate of drug-likeness (QED) is 0.803. The van der Waals surface area contributed by atoms with Gasteiger partial charge in [0.25, 0.3) is 5.56 Å². The van der Waals surface area contributed by atoms with Gasteiger partial charge in [0.2, 0.25) is 0 Å². The van der Waals surface area contributed by atoms with Gasteiger partial charge in [0.05, 0.1) is 10.9 Å². The van der Waals surface area contributed by atoms with E-state index in [1.807, 2.05) is 0 Å². The van der Waals surface area contributed by atoms with Crippen molar-refractivity contribution < 1.29 is 0 Å². The van der Waals surface area contributed by atoms with Crippen LogP contribution in [0.5, 0.6) is 0 Å². The Morgan fingerprint density at radius 3 is 2.75 bits per heavy atom. The summed E-state index contributed by atoms with van der Waals surface area (Å²) in [4.78, 5) is 25.5. The molecule has 1 aromatic heterocycles. The van der Waals surface area contributed by atoms with Crippen molar-refractivity contribution in [2.24, 2.45) is 0 Å². The van der Waals surface area contributed by atoms with E-state index < -0.39 is 5.69 Å². The van der Waals surface area contributed by atoms with Crippen molar-refractivity contribution in [3.63, 3.8) is 0 Å². The third-order valence-electron chi connectivity index (χ3n) is 2.34. The second-order valence-electron chi connectivity index (χ2n) is 3.67. The monoisotopic (exact) mass is 238 g/mol. The molecule has 0 spiro atoms. The fourth-order valence-corrected chi connectivity index (χ4v) is 1.81. The van der Waals surface area contributed by atoms with Gasteiger partial charge in [0.15, 0.2) is 0 Å². The van der Waals surface area contributed by atoms with Gasteiger partial charge in [-0.15, -0.1) is 11.6 Å². The summed E-state index contributed by atoms with van der Waals surface area (Å²) < 4.78 is 1.48. The zero-order valence-electron chi connectivity index (χ0n) is 8.74. The standard InChI is InChI=1S/C11H11ClN2O2/c1-7(12)6-14-9-5-3-2-4-8(9)10(15)13-11(14)16/h2-5,7H,6H2,1H3,(H,13,15,16).